The van der Waals surface area contributed by atoms with Crippen LogP contribution in [0.4, 0.5) is 5.69 Å². The lowest BCUT2D eigenvalue weighted by Crippen LogP contribution is -2.52. The number of carbonyl (C=O) groups excluding carboxylic acids is 1. The van der Waals surface area contributed by atoms with Gasteiger partial charge in [-0.3, -0.25) is 19.6 Å². The highest BCUT2D eigenvalue weighted by molar-refractivity contribution is 5.94. The number of rotatable bonds is 6. The number of nitrogens with zero attached hydrogens (tertiary/aromatic N) is 3. The van der Waals surface area contributed by atoms with E-state index in [1.165, 1.54) is 0 Å². The monoisotopic (exact) mass is 354 g/mol. The van der Waals surface area contributed by atoms with Crippen LogP contribution in [-0.4, -0.2) is 60.0 Å². The molecule has 1 N–H and O–H groups in total. The Hall–Kier alpha value is -2.44. The van der Waals surface area contributed by atoms with Crippen molar-refractivity contribution in [2.45, 2.75) is 19.5 Å². The summed E-state index contributed by atoms with van der Waals surface area (Å²) >= 11 is 0. The minimum Gasteiger partial charge on any atom is -0.497 e. The summed E-state index contributed by atoms with van der Waals surface area (Å²) in [6.07, 6.45) is 1.83. The molecular weight excluding hydrogens is 328 g/mol. The van der Waals surface area contributed by atoms with Crippen molar-refractivity contribution in [1.82, 2.24) is 14.8 Å². The van der Waals surface area contributed by atoms with Crippen molar-refractivity contribution < 1.29 is 9.53 Å². The number of piperazine rings is 1. The number of aromatic nitrogens is 1. The molecule has 1 amide bonds. The first-order valence-electron chi connectivity index (χ1n) is 8.97. The van der Waals surface area contributed by atoms with E-state index in [2.05, 4.69) is 26.2 Å². The summed E-state index contributed by atoms with van der Waals surface area (Å²) in [5.74, 6) is 0.799. The second-order valence-corrected chi connectivity index (χ2v) is 6.53. The molecular formula is C20H26N4O2. The van der Waals surface area contributed by atoms with Gasteiger partial charge in [0.2, 0.25) is 5.91 Å². The van der Waals surface area contributed by atoms with Crippen LogP contribution >= 0.6 is 0 Å². The fourth-order valence-electron chi connectivity index (χ4n) is 3.12. The number of carbonyl (C=O) groups is 1. The van der Waals surface area contributed by atoms with Crippen LogP contribution in [0.15, 0.2) is 48.7 Å². The first kappa shape index (κ1) is 18.4. The molecule has 6 heteroatoms. The van der Waals surface area contributed by atoms with Crippen molar-refractivity contribution in [1.29, 1.82) is 0 Å². The number of nitrogens with one attached hydrogen (secondary N) is 1. The second kappa shape index (κ2) is 8.78. The van der Waals surface area contributed by atoms with Gasteiger partial charge in [-0.2, -0.15) is 0 Å². The first-order chi connectivity index (χ1) is 12.7. The number of ether oxygens (including phenoxy) is 1. The van der Waals surface area contributed by atoms with E-state index in [1.54, 1.807) is 7.11 Å². The zero-order valence-electron chi connectivity index (χ0n) is 15.4. The smallest absolute Gasteiger partial charge is 0.241 e. The lowest BCUT2D eigenvalue weighted by Gasteiger charge is -2.37. The Morgan fingerprint density at radius 1 is 1.15 bits per heavy atom. The van der Waals surface area contributed by atoms with E-state index in [-0.39, 0.29) is 11.9 Å². The highest BCUT2D eigenvalue weighted by Gasteiger charge is 2.25. The lowest BCUT2D eigenvalue weighted by molar-refractivity contribution is -0.121. The highest BCUT2D eigenvalue weighted by Crippen LogP contribution is 2.16. The molecule has 26 heavy (non-hydrogen) atoms. The number of pyridine rings is 1. The molecule has 0 saturated carbocycles. The van der Waals surface area contributed by atoms with Gasteiger partial charge in [0.25, 0.3) is 0 Å². The molecule has 2 aromatic rings. The van der Waals surface area contributed by atoms with E-state index in [9.17, 15) is 4.79 Å². The average molecular weight is 354 g/mol. The Kier molecular flexibility index (Phi) is 6.20. The Labute approximate surface area is 154 Å². The predicted octanol–water partition coefficient (Wildman–Crippen LogP) is 2.23. The third kappa shape index (κ3) is 4.80. The molecule has 1 fully saturated rings. The Bertz CT molecular complexity index is 698. The topological polar surface area (TPSA) is 57.7 Å². The Balaban J connectivity index is 1.47. The molecule has 0 radical (unpaired) electrons. The third-order valence-corrected chi connectivity index (χ3v) is 4.80. The van der Waals surface area contributed by atoms with Crippen LogP contribution in [0.1, 0.15) is 12.6 Å². The summed E-state index contributed by atoms with van der Waals surface area (Å²) in [4.78, 5) is 21.5. The molecule has 1 saturated heterocycles. The Morgan fingerprint density at radius 2 is 1.88 bits per heavy atom. The van der Waals surface area contributed by atoms with Crippen LogP contribution in [0.2, 0.25) is 0 Å². The van der Waals surface area contributed by atoms with Crippen molar-refractivity contribution in [2.75, 3.05) is 38.6 Å². The minimum atomic E-state index is -0.158. The van der Waals surface area contributed by atoms with Crippen molar-refractivity contribution in [3.63, 3.8) is 0 Å². The molecule has 1 aromatic carbocycles. The van der Waals surface area contributed by atoms with Crippen molar-refractivity contribution in [3.8, 4) is 5.75 Å². The minimum absolute atomic E-state index is 0.0216. The SMILES string of the molecule is COc1ccc(NC(=O)C(C)N2CCN(Cc3ccccn3)CC2)cc1. The first-order valence-corrected chi connectivity index (χ1v) is 8.97. The van der Waals surface area contributed by atoms with Crippen molar-refractivity contribution >= 4 is 11.6 Å². The summed E-state index contributed by atoms with van der Waals surface area (Å²) in [5, 5.41) is 2.98. The molecule has 2 heterocycles. The van der Waals surface area contributed by atoms with Gasteiger partial charge in [-0.1, -0.05) is 6.07 Å². The molecule has 0 spiro atoms. The van der Waals surface area contributed by atoms with Crippen LogP contribution in [0.3, 0.4) is 0 Å². The van der Waals surface area contributed by atoms with E-state index in [0.717, 1.165) is 49.9 Å². The van der Waals surface area contributed by atoms with Crippen molar-refractivity contribution in [2.24, 2.45) is 0 Å². The van der Waals surface area contributed by atoms with Gasteiger partial charge in [0.15, 0.2) is 0 Å². The molecule has 0 bridgehead atoms. The summed E-state index contributed by atoms with van der Waals surface area (Å²) in [5.41, 5.74) is 1.88. The van der Waals surface area contributed by atoms with Crippen LogP contribution in [0.5, 0.6) is 5.75 Å². The molecule has 1 aliphatic rings. The summed E-state index contributed by atoms with van der Waals surface area (Å²) < 4.78 is 5.14. The van der Waals surface area contributed by atoms with Crippen LogP contribution in [-0.2, 0) is 11.3 Å². The summed E-state index contributed by atoms with van der Waals surface area (Å²) in [6, 6.07) is 13.2. The number of hydrogen-bond acceptors (Lipinski definition) is 5. The largest absolute Gasteiger partial charge is 0.497 e. The zero-order chi connectivity index (χ0) is 18.4. The highest BCUT2D eigenvalue weighted by atomic mass is 16.5. The van der Waals surface area contributed by atoms with Crippen molar-refractivity contribution in [3.05, 3.63) is 54.4 Å². The standard InChI is InChI=1S/C20H26N4O2/c1-16(20(25)22-17-6-8-19(26-2)9-7-17)24-13-11-23(12-14-24)15-18-5-3-4-10-21-18/h3-10,16H,11-15H2,1-2H3,(H,22,25). The van der Waals surface area contributed by atoms with E-state index in [0.29, 0.717) is 0 Å². The quantitative estimate of drug-likeness (QED) is 0.862. The van der Waals surface area contributed by atoms with Gasteiger partial charge in [-0.05, 0) is 43.3 Å². The molecule has 1 aromatic heterocycles. The number of anilines is 1. The normalized spacial score (nSPS) is 16.8. The van der Waals surface area contributed by atoms with E-state index >= 15 is 0 Å². The molecule has 138 valence electrons. The number of benzene rings is 1. The zero-order valence-corrected chi connectivity index (χ0v) is 15.4. The molecule has 1 aliphatic heterocycles. The maximum absolute atomic E-state index is 12.5. The Morgan fingerprint density at radius 3 is 2.50 bits per heavy atom. The number of hydrogen-bond donors (Lipinski definition) is 1. The number of methoxy groups -OCH3 is 1. The van der Waals surface area contributed by atoms with E-state index in [1.807, 2.05) is 49.5 Å². The fraction of sp³-hybridized carbons (Fsp3) is 0.400. The summed E-state index contributed by atoms with van der Waals surface area (Å²) in [7, 11) is 1.63. The second-order valence-electron chi connectivity index (χ2n) is 6.53. The van der Waals surface area contributed by atoms with E-state index < -0.39 is 0 Å². The van der Waals surface area contributed by atoms with Crippen LogP contribution in [0, 0.1) is 0 Å². The molecule has 1 atom stereocenters. The van der Waals surface area contributed by atoms with Crippen LogP contribution in [0.25, 0.3) is 0 Å². The van der Waals surface area contributed by atoms with Gasteiger partial charge in [0.05, 0.1) is 18.8 Å². The molecule has 6 nitrogen and oxygen atoms in total. The predicted molar refractivity (Wildman–Crippen MR) is 102 cm³/mol. The maximum Gasteiger partial charge on any atom is 0.241 e. The van der Waals surface area contributed by atoms with Gasteiger partial charge >= 0.3 is 0 Å². The van der Waals surface area contributed by atoms with E-state index in [4.69, 9.17) is 4.74 Å². The van der Waals surface area contributed by atoms with Crippen LogP contribution < -0.4 is 10.1 Å². The summed E-state index contributed by atoms with van der Waals surface area (Å²) in [6.45, 7) is 6.47. The third-order valence-electron chi connectivity index (χ3n) is 4.80. The molecule has 3 rings (SSSR count). The molecule has 0 aliphatic carbocycles. The van der Waals surface area contributed by atoms with Gasteiger partial charge in [0.1, 0.15) is 5.75 Å². The van der Waals surface area contributed by atoms with Gasteiger partial charge < -0.3 is 10.1 Å². The maximum atomic E-state index is 12.5. The lowest BCUT2D eigenvalue weighted by atomic mass is 10.2. The number of amides is 1. The van der Waals surface area contributed by atoms with Gasteiger partial charge in [-0.25, -0.2) is 0 Å². The van der Waals surface area contributed by atoms with Gasteiger partial charge in [0, 0.05) is 44.6 Å². The average Bonchev–Trinajstić information content (AvgIpc) is 2.69. The van der Waals surface area contributed by atoms with Gasteiger partial charge in [-0.15, -0.1) is 0 Å². The molecule has 1 unspecified atom stereocenters. The fourth-order valence-corrected chi connectivity index (χ4v) is 3.12.